The summed E-state index contributed by atoms with van der Waals surface area (Å²) in [6.45, 7) is 2.80. The molecule has 0 aliphatic carbocycles. The van der Waals surface area contributed by atoms with E-state index in [-0.39, 0.29) is 0 Å². The Bertz CT molecular complexity index is 269. The molecule has 0 atom stereocenters. The van der Waals surface area contributed by atoms with Gasteiger partial charge in [0, 0.05) is 7.11 Å². The number of benzene rings is 1. The van der Waals surface area contributed by atoms with Gasteiger partial charge in [0.25, 0.3) is 0 Å². The van der Waals surface area contributed by atoms with E-state index in [0.717, 1.165) is 18.8 Å². The molecule has 0 amide bonds. The van der Waals surface area contributed by atoms with Gasteiger partial charge in [-0.3, -0.25) is 0 Å². The van der Waals surface area contributed by atoms with Gasteiger partial charge in [0.15, 0.2) is 0 Å². The van der Waals surface area contributed by atoms with Gasteiger partial charge in [-0.2, -0.15) is 0 Å². The van der Waals surface area contributed by atoms with E-state index in [9.17, 15) is 0 Å². The van der Waals surface area contributed by atoms with E-state index in [1.807, 2.05) is 6.92 Å². The fraction of sp³-hybridized carbons (Fsp3) is 0.455. The zero-order valence-electron chi connectivity index (χ0n) is 8.46. The van der Waals surface area contributed by atoms with Crippen LogP contribution in [0.1, 0.15) is 11.1 Å². The third-order valence-corrected chi connectivity index (χ3v) is 2.07. The first-order valence-electron chi connectivity index (χ1n) is 4.40. The van der Waals surface area contributed by atoms with Crippen molar-refractivity contribution in [2.24, 2.45) is 0 Å². The van der Waals surface area contributed by atoms with E-state index in [0.29, 0.717) is 0 Å². The van der Waals surface area contributed by atoms with Crippen molar-refractivity contribution in [1.29, 1.82) is 0 Å². The molecule has 1 aromatic carbocycles. The first-order valence-corrected chi connectivity index (χ1v) is 4.40. The highest BCUT2D eigenvalue weighted by atomic mass is 16.5. The molecule has 72 valence electrons. The molecule has 0 radical (unpaired) electrons. The Morgan fingerprint density at radius 3 is 2.62 bits per heavy atom. The Morgan fingerprint density at radius 2 is 2.00 bits per heavy atom. The van der Waals surface area contributed by atoms with Crippen LogP contribution in [0.25, 0.3) is 0 Å². The maximum absolute atomic E-state index is 5.22. The zero-order valence-corrected chi connectivity index (χ0v) is 8.46. The highest BCUT2D eigenvalue weighted by Crippen LogP contribution is 2.19. The molecule has 2 heteroatoms. The van der Waals surface area contributed by atoms with Gasteiger partial charge >= 0.3 is 0 Å². The van der Waals surface area contributed by atoms with Crippen molar-refractivity contribution in [2.45, 2.75) is 13.3 Å². The molecule has 0 unspecified atom stereocenters. The summed E-state index contributed by atoms with van der Waals surface area (Å²) in [5.74, 6) is 0.952. The molecule has 0 aliphatic heterocycles. The normalized spacial score (nSPS) is 10.1. The average Bonchev–Trinajstić information content (AvgIpc) is 2.16. The Morgan fingerprint density at radius 1 is 1.23 bits per heavy atom. The number of rotatable bonds is 4. The van der Waals surface area contributed by atoms with Crippen molar-refractivity contribution < 1.29 is 9.47 Å². The van der Waals surface area contributed by atoms with Gasteiger partial charge in [0.2, 0.25) is 0 Å². The highest BCUT2D eigenvalue weighted by molar-refractivity contribution is 5.36. The summed E-state index contributed by atoms with van der Waals surface area (Å²) in [6, 6.07) is 6.25. The van der Waals surface area contributed by atoms with Crippen molar-refractivity contribution in [2.75, 3.05) is 20.8 Å². The topological polar surface area (TPSA) is 18.5 Å². The molecule has 13 heavy (non-hydrogen) atoms. The standard InChI is InChI=1S/C11H16O2/c1-9-4-5-10(6-7-12-2)8-11(9)13-3/h4-5,8H,6-7H2,1-3H3. The van der Waals surface area contributed by atoms with Gasteiger partial charge in [0.1, 0.15) is 5.75 Å². The van der Waals surface area contributed by atoms with Crippen molar-refractivity contribution in [3.8, 4) is 5.75 Å². The zero-order chi connectivity index (χ0) is 9.68. The van der Waals surface area contributed by atoms with Gasteiger partial charge in [-0.05, 0) is 30.5 Å². The summed E-state index contributed by atoms with van der Waals surface area (Å²) in [6.07, 6.45) is 0.938. The molecule has 0 N–H and O–H groups in total. The fourth-order valence-corrected chi connectivity index (χ4v) is 1.24. The smallest absolute Gasteiger partial charge is 0.122 e. The minimum absolute atomic E-state index is 0.756. The lowest BCUT2D eigenvalue weighted by Gasteiger charge is -2.06. The molecule has 0 saturated carbocycles. The van der Waals surface area contributed by atoms with Crippen LogP contribution in [0.15, 0.2) is 18.2 Å². The van der Waals surface area contributed by atoms with Crippen LogP contribution in [0.3, 0.4) is 0 Å². The second-order valence-corrected chi connectivity index (χ2v) is 3.05. The Kier molecular flexibility index (Phi) is 3.77. The minimum Gasteiger partial charge on any atom is -0.496 e. The molecule has 1 aromatic rings. The van der Waals surface area contributed by atoms with E-state index in [4.69, 9.17) is 9.47 Å². The second kappa shape index (κ2) is 4.87. The predicted molar refractivity (Wildman–Crippen MR) is 53.3 cm³/mol. The lowest BCUT2D eigenvalue weighted by atomic mass is 10.1. The summed E-state index contributed by atoms with van der Waals surface area (Å²) in [7, 11) is 3.41. The number of methoxy groups -OCH3 is 2. The van der Waals surface area contributed by atoms with Gasteiger partial charge in [0.05, 0.1) is 13.7 Å². The summed E-state index contributed by atoms with van der Waals surface area (Å²) in [5, 5.41) is 0. The minimum atomic E-state index is 0.756. The van der Waals surface area contributed by atoms with Crippen LogP contribution in [0, 0.1) is 6.92 Å². The fourth-order valence-electron chi connectivity index (χ4n) is 1.24. The van der Waals surface area contributed by atoms with Crippen LogP contribution in [0.5, 0.6) is 5.75 Å². The van der Waals surface area contributed by atoms with Crippen molar-refractivity contribution >= 4 is 0 Å². The van der Waals surface area contributed by atoms with Gasteiger partial charge < -0.3 is 9.47 Å². The first-order chi connectivity index (χ1) is 6.27. The number of hydrogen-bond acceptors (Lipinski definition) is 2. The Balaban J connectivity index is 2.74. The van der Waals surface area contributed by atoms with Crippen LogP contribution >= 0.6 is 0 Å². The van der Waals surface area contributed by atoms with Gasteiger partial charge in [-0.15, -0.1) is 0 Å². The molecule has 0 aromatic heterocycles. The SMILES string of the molecule is COCCc1ccc(C)c(OC)c1. The van der Waals surface area contributed by atoms with Crippen LogP contribution in [0.2, 0.25) is 0 Å². The third-order valence-electron chi connectivity index (χ3n) is 2.07. The Labute approximate surface area is 79.5 Å². The van der Waals surface area contributed by atoms with E-state index in [1.54, 1.807) is 14.2 Å². The lowest BCUT2D eigenvalue weighted by Crippen LogP contribution is -1.96. The molecule has 0 heterocycles. The molecule has 0 spiro atoms. The van der Waals surface area contributed by atoms with Gasteiger partial charge in [-0.25, -0.2) is 0 Å². The summed E-state index contributed by atoms with van der Waals surface area (Å²) >= 11 is 0. The summed E-state index contributed by atoms with van der Waals surface area (Å²) < 4.78 is 10.2. The van der Waals surface area contributed by atoms with Crippen LogP contribution in [0.4, 0.5) is 0 Å². The van der Waals surface area contributed by atoms with Crippen molar-refractivity contribution in [3.63, 3.8) is 0 Å². The van der Waals surface area contributed by atoms with E-state index in [1.165, 1.54) is 11.1 Å². The second-order valence-electron chi connectivity index (χ2n) is 3.05. The largest absolute Gasteiger partial charge is 0.496 e. The quantitative estimate of drug-likeness (QED) is 0.707. The third kappa shape index (κ3) is 2.74. The molecular weight excluding hydrogens is 164 g/mol. The highest BCUT2D eigenvalue weighted by Gasteiger charge is 1.99. The van der Waals surface area contributed by atoms with Crippen LogP contribution in [-0.2, 0) is 11.2 Å². The van der Waals surface area contributed by atoms with Crippen molar-refractivity contribution in [1.82, 2.24) is 0 Å². The summed E-state index contributed by atoms with van der Waals surface area (Å²) in [4.78, 5) is 0. The molecule has 2 nitrogen and oxygen atoms in total. The summed E-state index contributed by atoms with van der Waals surface area (Å²) in [5.41, 5.74) is 2.42. The lowest BCUT2D eigenvalue weighted by molar-refractivity contribution is 0.202. The average molecular weight is 180 g/mol. The maximum Gasteiger partial charge on any atom is 0.122 e. The molecule has 0 fully saturated rings. The molecular formula is C11H16O2. The molecule has 0 bridgehead atoms. The first kappa shape index (κ1) is 10.1. The van der Waals surface area contributed by atoms with E-state index >= 15 is 0 Å². The number of ether oxygens (including phenoxy) is 2. The monoisotopic (exact) mass is 180 g/mol. The number of hydrogen-bond donors (Lipinski definition) is 0. The molecule has 0 aliphatic rings. The van der Waals surface area contributed by atoms with Crippen LogP contribution in [-0.4, -0.2) is 20.8 Å². The van der Waals surface area contributed by atoms with Crippen LogP contribution < -0.4 is 4.74 Å². The number of aryl methyl sites for hydroxylation is 1. The van der Waals surface area contributed by atoms with Gasteiger partial charge in [-0.1, -0.05) is 12.1 Å². The predicted octanol–water partition coefficient (Wildman–Crippen LogP) is 2.19. The van der Waals surface area contributed by atoms with E-state index in [2.05, 4.69) is 18.2 Å². The Hall–Kier alpha value is -1.02. The maximum atomic E-state index is 5.22. The molecule has 1 rings (SSSR count). The molecule has 0 saturated heterocycles. The van der Waals surface area contributed by atoms with E-state index < -0.39 is 0 Å². The van der Waals surface area contributed by atoms with Crippen molar-refractivity contribution in [3.05, 3.63) is 29.3 Å².